The maximum atomic E-state index is 14.3. The molecule has 2 aliphatic rings. The highest BCUT2D eigenvalue weighted by molar-refractivity contribution is 6.30. The number of fused-ring (bicyclic) bond motifs is 1. The zero-order chi connectivity index (χ0) is 30.8. The third-order valence-corrected chi connectivity index (χ3v) is 9.22. The van der Waals surface area contributed by atoms with Gasteiger partial charge in [-0.1, -0.05) is 17.7 Å². The predicted octanol–water partition coefficient (Wildman–Crippen LogP) is 6.70. The number of likely N-dealkylation sites (tertiary alicyclic amines) is 1. The average Bonchev–Trinajstić information content (AvgIpc) is 3.66. The number of aromatic nitrogens is 3. The van der Waals surface area contributed by atoms with Crippen molar-refractivity contribution in [3.63, 3.8) is 0 Å². The number of amides is 1. The second kappa shape index (κ2) is 10.3. The topological polar surface area (TPSA) is 91.6 Å². The van der Waals surface area contributed by atoms with Crippen molar-refractivity contribution in [1.82, 2.24) is 19.4 Å². The third kappa shape index (κ3) is 5.13. The molecule has 1 atom stereocenters. The minimum absolute atomic E-state index is 0.0494. The van der Waals surface area contributed by atoms with Crippen molar-refractivity contribution in [2.24, 2.45) is 5.41 Å². The number of anilines is 1. The lowest BCUT2D eigenvalue weighted by Crippen LogP contribution is -2.34. The zero-order valence-electron chi connectivity index (χ0n) is 25.0. The Morgan fingerprint density at radius 2 is 1.77 bits per heavy atom. The molecule has 0 radical (unpaired) electrons. The van der Waals surface area contributed by atoms with Gasteiger partial charge in [0.05, 0.1) is 16.3 Å². The van der Waals surface area contributed by atoms with Gasteiger partial charge in [0.2, 0.25) is 0 Å². The highest BCUT2D eigenvalue weighted by Gasteiger charge is 2.45. The number of benzene rings is 1. The highest BCUT2D eigenvalue weighted by atomic mass is 35.5. The van der Waals surface area contributed by atoms with Gasteiger partial charge in [-0.3, -0.25) is 4.79 Å². The normalized spacial score (nSPS) is 18.8. The van der Waals surface area contributed by atoms with Gasteiger partial charge in [0.15, 0.2) is 0 Å². The molecule has 1 amide bonds. The van der Waals surface area contributed by atoms with E-state index in [1.807, 2.05) is 27.8 Å². The van der Waals surface area contributed by atoms with E-state index in [1.165, 1.54) is 6.07 Å². The number of aryl methyl sites for hydroxylation is 2. The van der Waals surface area contributed by atoms with E-state index in [0.717, 1.165) is 42.7 Å². The van der Waals surface area contributed by atoms with Crippen LogP contribution < -0.4 is 4.90 Å². The molecule has 1 unspecified atom stereocenters. The smallest absolute Gasteiger partial charge is 0.337 e. The Kier molecular flexibility index (Phi) is 6.99. The molecule has 6 rings (SSSR count). The number of rotatable bonds is 4. The summed E-state index contributed by atoms with van der Waals surface area (Å²) in [6.07, 6.45) is 3.78. The van der Waals surface area contributed by atoms with E-state index >= 15 is 0 Å². The molecule has 1 spiro atoms. The van der Waals surface area contributed by atoms with Crippen LogP contribution in [0.3, 0.4) is 0 Å². The monoisotopic (exact) mass is 603 g/mol. The van der Waals surface area contributed by atoms with Crippen LogP contribution in [0.2, 0.25) is 5.02 Å². The van der Waals surface area contributed by atoms with Gasteiger partial charge in [-0.15, -0.1) is 0 Å². The molecule has 2 aliphatic heterocycles. The molecule has 4 aromatic rings. The van der Waals surface area contributed by atoms with Gasteiger partial charge in [-0.05, 0) is 88.9 Å². The van der Waals surface area contributed by atoms with Crippen LogP contribution in [0, 0.1) is 25.1 Å². The molecule has 10 heteroatoms. The summed E-state index contributed by atoms with van der Waals surface area (Å²) in [5.41, 5.74) is 3.67. The molecule has 0 saturated carbocycles. The minimum atomic E-state index is -0.964. The molecule has 8 nitrogen and oxygen atoms in total. The first-order chi connectivity index (χ1) is 20.3. The molecule has 3 aromatic heterocycles. The standard InChI is InChI=1S/C33H35ClFN5O3/c1-19-14-27(36-20(2)28(19)31(42)43)38-12-10-33(17-38)11-13-39(18-33)30(41)26-9-7-22-23(21-6-8-24(34)25(35)15-21)16-40(29(22)37-26)32(3,4)5/h6-9,14-16H,10-13,17-18H2,1-5H3,(H,42,43). The van der Waals surface area contributed by atoms with E-state index in [4.69, 9.17) is 16.6 Å². The molecular weight excluding hydrogens is 569 g/mol. The van der Waals surface area contributed by atoms with E-state index in [2.05, 4.69) is 30.7 Å². The van der Waals surface area contributed by atoms with Crippen molar-refractivity contribution in [1.29, 1.82) is 0 Å². The summed E-state index contributed by atoms with van der Waals surface area (Å²) >= 11 is 5.93. The Bertz CT molecular complexity index is 1770. The second-order valence-corrected chi connectivity index (χ2v) is 13.4. The molecule has 0 bridgehead atoms. The lowest BCUT2D eigenvalue weighted by molar-refractivity contribution is 0.0694. The largest absolute Gasteiger partial charge is 0.478 e. The molecule has 1 aromatic carbocycles. The van der Waals surface area contributed by atoms with E-state index < -0.39 is 11.8 Å². The lowest BCUT2D eigenvalue weighted by atomic mass is 9.86. The van der Waals surface area contributed by atoms with Crippen LogP contribution in [0.1, 0.15) is 65.7 Å². The van der Waals surface area contributed by atoms with E-state index in [9.17, 15) is 19.1 Å². The number of carbonyl (C=O) groups excluding carboxylic acids is 1. The predicted molar refractivity (Wildman–Crippen MR) is 166 cm³/mol. The molecule has 43 heavy (non-hydrogen) atoms. The van der Waals surface area contributed by atoms with E-state index in [0.29, 0.717) is 41.3 Å². The molecule has 0 aliphatic carbocycles. The summed E-state index contributed by atoms with van der Waals surface area (Å²) in [5, 5.41) is 10.4. The van der Waals surface area contributed by atoms with Crippen LogP contribution >= 0.6 is 11.6 Å². The SMILES string of the molecule is Cc1cc(N2CCC3(CCN(C(=O)c4ccc5c(-c6ccc(Cl)c(F)c6)cn(C(C)(C)C)c5n4)C3)C2)nc(C)c1C(=O)O. The first-order valence-electron chi connectivity index (χ1n) is 14.5. The summed E-state index contributed by atoms with van der Waals surface area (Å²) in [7, 11) is 0. The molecule has 1 N–H and O–H groups in total. The van der Waals surface area contributed by atoms with Gasteiger partial charge in [-0.25, -0.2) is 19.2 Å². The fourth-order valence-corrected chi connectivity index (χ4v) is 6.77. The van der Waals surface area contributed by atoms with Crippen LogP contribution in [0.4, 0.5) is 10.2 Å². The molecular formula is C33H35ClFN5O3. The number of pyridine rings is 2. The number of carboxylic acids is 1. The van der Waals surface area contributed by atoms with E-state index in [1.54, 1.807) is 32.0 Å². The molecule has 2 fully saturated rings. The summed E-state index contributed by atoms with van der Waals surface area (Å²) in [4.78, 5) is 39.0. The van der Waals surface area contributed by atoms with Gasteiger partial charge in [-0.2, -0.15) is 0 Å². The number of halogens is 2. The van der Waals surface area contributed by atoms with Crippen molar-refractivity contribution in [3.05, 3.63) is 75.9 Å². The van der Waals surface area contributed by atoms with Gasteiger partial charge in [0.1, 0.15) is 23.0 Å². The van der Waals surface area contributed by atoms with Gasteiger partial charge >= 0.3 is 5.97 Å². The Morgan fingerprint density at radius 3 is 2.44 bits per heavy atom. The number of carbonyl (C=O) groups is 2. The molecule has 2 saturated heterocycles. The zero-order valence-corrected chi connectivity index (χ0v) is 25.8. The van der Waals surface area contributed by atoms with Gasteiger partial charge < -0.3 is 19.5 Å². The number of hydrogen-bond donors (Lipinski definition) is 1. The van der Waals surface area contributed by atoms with Crippen LogP contribution in [-0.2, 0) is 5.54 Å². The van der Waals surface area contributed by atoms with Crippen LogP contribution in [0.25, 0.3) is 22.2 Å². The quantitative estimate of drug-likeness (QED) is 0.279. The van der Waals surface area contributed by atoms with Crippen molar-refractivity contribution in [2.75, 3.05) is 31.1 Å². The Morgan fingerprint density at radius 1 is 1.02 bits per heavy atom. The average molecular weight is 604 g/mol. The highest BCUT2D eigenvalue weighted by Crippen LogP contribution is 2.42. The maximum absolute atomic E-state index is 14.3. The van der Waals surface area contributed by atoms with Crippen LogP contribution in [-0.4, -0.2) is 62.6 Å². The Labute approximate surface area is 255 Å². The maximum Gasteiger partial charge on any atom is 0.337 e. The van der Waals surface area contributed by atoms with Crippen molar-refractivity contribution in [3.8, 4) is 11.1 Å². The fourth-order valence-electron chi connectivity index (χ4n) is 6.66. The summed E-state index contributed by atoms with van der Waals surface area (Å²) in [6, 6.07) is 10.3. The van der Waals surface area contributed by atoms with Crippen molar-refractivity contribution < 1.29 is 19.1 Å². The number of carboxylic acid groups (broad SMARTS) is 1. The van der Waals surface area contributed by atoms with Crippen LogP contribution in [0.5, 0.6) is 0 Å². The third-order valence-electron chi connectivity index (χ3n) is 8.91. The summed E-state index contributed by atoms with van der Waals surface area (Å²) < 4.78 is 16.4. The fraction of sp³-hybridized carbons (Fsp3) is 0.394. The van der Waals surface area contributed by atoms with Crippen molar-refractivity contribution in [2.45, 2.75) is 53.0 Å². The van der Waals surface area contributed by atoms with Gasteiger partial charge in [0, 0.05) is 54.3 Å². The first kappa shape index (κ1) is 29.1. The summed E-state index contributed by atoms with van der Waals surface area (Å²) in [6.45, 7) is 12.6. The lowest BCUT2D eigenvalue weighted by Gasteiger charge is -2.25. The molecule has 224 valence electrons. The number of hydrogen-bond acceptors (Lipinski definition) is 5. The number of nitrogens with zero attached hydrogens (tertiary/aromatic N) is 5. The summed E-state index contributed by atoms with van der Waals surface area (Å²) in [5.74, 6) is -0.766. The van der Waals surface area contributed by atoms with E-state index in [-0.39, 0.29) is 27.4 Å². The minimum Gasteiger partial charge on any atom is -0.478 e. The second-order valence-electron chi connectivity index (χ2n) is 13.0. The van der Waals surface area contributed by atoms with Crippen LogP contribution in [0.15, 0.2) is 42.6 Å². The number of aromatic carboxylic acids is 1. The van der Waals surface area contributed by atoms with Crippen molar-refractivity contribution >= 4 is 40.3 Å². The Hall–Kier alpha value is -3.98. The Balaban J connectivity index is 1.25. The van der Waals surface area contributed by atoms with Gasteiger partial charge in [0.25, 0.3) is 5.91 Å². The molecule has 5 heterocycles. The first-order valence-corrected chi connectivity index (χ1v) is 14.9.